The average molecular weight is 217 g/mol. The van der Waals surface area contributed by atoms with Crippen LogP contribution in [0, 0.1) is 5.92 Å². The molecule has 0 aromatic heterocycles. The van der Waals surface area contributed by atoms with E-state index in [2.05, 4.69) is 5.16 Å². The molecule has 5 heteroatoms. The second kappa shape index (κ2) is 6.53. The van der Waals surface area contributed by atoms with Crippen molar-refractivity contribution >= 4 is 11.5 Å². The zero-order valence-electron chi connectivity index (χ0n) is 10.3. The molecule has 5 nitrogen and oxygen atoms in total. The Balaban J connectivity index is 4.55. The van der Waals surface area contributed by atoms with E-state index in [9.17, 15) is 4.79 Å². The van der Waals surface area contributed by atoms with Crippen LogP contribution in [-0.2, 0) is 4.79 Å². The van der Waals surface area contributed by atoms with Crippen LogP contribution in [0.4, 0.5) is 0 Å². The van der Waals surface area contributed by atoms with E-state index >= 15 is 0 Å². The van der Waals surface area contributed by atoms with Crippen LogP contribution in [0.15, 0.2) is 5.16 Å². The predicted octanol–water partition coefficient (Wildman–Crippen LogP) is -2.69. The molecule has 0 aliphatic heterocycles. The van der Waals surface area contributed by atoms with E-state index in [1.54, 1.807) is 6.92 Å². The quantitative estimate of drug-likeness (QED) is 0.258. The van der Waals surface area contributed by atoms with Crippen molar-refractivity contribution in [3.8, 4) is 0 Å². The minimum atomic E-state index is -0.0732. The molecule has 0 bridgehead atoms. The van der Waals surface area contributed by atoms with Gasteiger partial charge in [0, 0.05) is 0 Å². The van der Waals surface area contributed by atoms with Crippen LogP contribution in [0.2, 0.25) is 0 Å². The van der Waals surface area contributed by atoms with Crippen LogP contribution in [-0.4, -0.2) is 58.0 Å². The molecule has 0 unspecified atom stereocenters. The monoisotopic (exact) mass is 217 g/mol. The van der Waals surface area contributed by atoms with Gasteiger partial charge in [-0.2, -0.15) is 0 Å². The molecule has 0 heterocycles. The Labute approximate surface area is 91.3 Å². The molecule has 0 aromatic carbocycles. The third kappa shape index (κ3) is 5.49. The summed E-state index contributed by atoms with van der Waals surface area (Å²) in [5, 5.41) is 11.5. The maximum atomic E-state index is 11.8. The van der Waals surface area contributed by atoms with E-state index in [0.717, 1.165) is 13.1 Å². The fraction of sp³-hybridized carbons (Fsp3) is 0.800. The molecule has 0 spiro atoms. The summed E-state index contributed by atoms with van der Waals surface area (Å²) in [4.78, 5) is 14.3. The summed E-state index contributed by atoms with van der Waals surface area (Å²) in [5.74, 6) is -0.129. The Kier molecular flexibility index (Phi) is 6.12. The first-order valence-electron chi connectivity index (χ1n) is 5.19. The van der Waals surface area contributed by atoms with Gasteiger partial charge in [-0.1, -0.05) is 5.16 Å². The number of carbonyl (C=O) groups excluding carboxylic acids is 1. The van der Waals surface area contributed by atoms with Gasteiger partial charge >= 0.3 is 0 Å². The molecule has 0 aliphatic carbocycles. The minimum absolute atomic E-state index is 0.0556. The van der Waals surface area contributed by atoms with Crippen molar-refractivity contribution in [1.29, 1.82) is 0 Å². The first-order chi connectivity index (χ1) is 6.88. The second-order valence-electron chi connectivity index (χ2n) is 4.57. The van der Waals surface area contributed by atoms with Crippen molar-refractivity contribution in [3.63, 3.8) is 0 Å². The molecule has 0 aliphatic rings. The highest BCUT2D eigenvalue weighted by Crippen LogP contribution is 1.95. The van der Waals surface area contributed by atoms with Crippen molar-refractivity contribution in [2.75, 3.05) is 41.3 Å². The van der Waals surface area contributed by atoms with Gasteiger partial charge in [0.25, 0.3) is 0 Å². The summed E-state index contributed by atoms with van der Waals surface area (Å²) < 4.78 is 0. The number of hydrogen-bond donors (Lipinski definition) is 3. The lowest BCUT2D eigenvalue weighted by molar-refractivity contribution is -0.883. The molecule has 0 saturated carbocycles. The first-order valence-corrected chi connectivity index (χ1v) is 5.19. The molecule has 0 atom stereocenters. The Morgan fingerprint density at radius 1 is 1.20 bits per heavy atom. The van der Waals surface area contributed by atoms with E-state index < -0.39 is 0 Å². The molecule has 0 saturated heterocycles. The van der Waals surface area contributed by atoms with E-state index in [0.29, 0.717) is 0 Å². The van der Waals surface area contributed by atoms with Gasteiger partial charge in [0.2, 0.25) is 0 Å². The molecule has 0 rings (SSSR count). The molecule has 88 valence electrons. The highest BCUT2D eigenvalue weighted by molar-refractivity contribution is 6.39. The van der Waals surface area contributed by atoms with Crippen LogP contribution in [0.5, 0.6) is 0 Å². The van der Waals surface area contributed by atoms with Gasteiger partial charge < -0.3 is 15.0 Å². The lowest BCUT2D eigenvalue weighted by Crippen LogP contribution is -3.10. The lowest BCUT2D eigenvalue weighted by Gasteiger charge is -2.18. The predicted molar refractivity (Wildman–Crippen MR) is 58.7 cm³/mol. The van der Waals surface area contributed by atoms with Gasteiger partial charge in [-0.3, -0.25) is 4.79 Å². The molecule has 0 radical (unpaired) electrons. The number of nitrogens with one attached hydrogen (secondary N) is 2. The van der Waals surface area contributed by atoms with E-state index in [4.69, 9.17) is 5.21 Å². The molecular formula is C10H23N3O2+2. The number of nitrogens with zero attached hydrogens (tertiary/aromatic N) is 1. The van der Waals surface area contributed by atoms with Crippen molar-refractivity contribution in [3.05, 3.63) is 0 Å². The Bertz CT molecular complexity index is 227. The number of hydrogen-bond acceptors (Lipinski definition) is 3. The smallest absolute Gasteiger partial charge is 0.194 e. The van der Waals surface area contributed by atoms with Crippen LogP contribution >= 0.6 is 0 Å². The Morgan fingerprint density at radius 3 is 1.87 bits per heavy atom. The lowest BCUT2D eigenvalue weighted by atomic mass is 10.00. The molecule has 3 N–H and O–H groups in total. The maximum absolute atomic E-state index is 11.8. The molecule has 15 heavy (non-hydrogen) atoms. The van der Waals surface area contributed by atoms with Crippen LogP contribution in [0.1, 0.15) is 6.92 Å². The summed E-state index contributed by atoms with van der Waals surface area (Å²) in [6, 6.07) is 0. The minimum Gasteiger partial charge on any atom is -0.411 e. The van der Waals surface area contributed by atoms with E-state index in [1.807, 2.05) is 28.2 Å². The van der Waals surface area contributed by atoms with E-state index in [-0.39, 0.29) is 17.4 Å². The van der Waals surface area contributed by atoms with Crippen LogP contribution in [0.3, 0.4) is 0 Å². The number of carbonyl (C=O) groups is 1. The van der Waals surface area contributed by atoms with Gasteiger partial charge in [0.15, 0.2) is 5.78 Å². The first kappa shape index (κ1) is 14.1. The molecule has 0 amide bonds. The summed E-state index contributed by atoms with van der Waals surface area (Å²) in [6.07, 6.45) is 0. The van der Waals surface area contributed by atoms with Gasteiger partial charge in [-0.15, -0.1) is 0 Å². The zero-order chi connectivity index (χ0) is 12.0. The molecular weight excluding hydrogens is 194 g/mol. The van der Waals surface area contributed by atoms with Gasteiger partial charge in [0.1, 0.15) is 11.6 Å². The normalized spacial score (nSPS) is 12.9. The second-order valence-corrected chi connectivity index (χ2v) is 4.57. The third-order valence-electron chi connectivity index (χ3n) is 2.19. The van der Waals surface area contributed by atoms with Crippen molar-refractivity contribution in [2.24, 2.45) is 11.1 Å². The highest BCUT2D eigenvalue weighted by atomic mass is 16.4. The van der Waals surface area contributed by atoms with Gasteiger partial charge in [-0.05, 0) is 6.92 Å². The van der Waals surface area contributed by atoms with Crippen molar-refractivity contribution in [1.82, 2.24) is 0 Å². The third-order valence-corrected chi connectivity index (χ3v) is 2.19. The number of quaternary nitrogens is 2. The number of Topliss-reactive ketones (excluding diaryl/α,β-unsaturated/α-hetero) is 1. The topological polar surface area (TPSA) is 58.5 Å². The number of rotatable bonds is 6. The number of oxime groups is 1. The zero-order valence-corrected chi connectivity index (χ0v) is 10.3. The Morgan fingerprint density at radius 2 is 1.60 bits per heavy atom. The fourth-order valence-corrected chi connectivity index (χ4v) is 1.59. The van der Waals surface area contributed by atoms with Crippen LogP contribution < -0.4 is 9.80 Å². The largest absolute Gasteiger partial charge is 0.411 e. The highest BCUT2D eigenvalue weighted by Gasteiger charge is 2.26. The fourth-order valence-electron chi connectivity index (χ4n) is 1.59. The van der Waals surface area contributed by atoms with E-state index in [1.165, 1.54) is 9.80 Å². The van der Waals surface area contributed by atoms with Gasteiger partial charge in [-0.25, -0.2) is 0 Å². The summed E-state index contributed by atoms with van der Waals surface area (Å²) in [6.45, 7) is 3.07. The average Bonchev–Trinajstić information content (AvgIpc) is 2.13. The molecule has 0 aromatic rings. The maximum Gasteiger partial charge on any atom is 0.194 e. The summed E-state index contributed by atoms with van der Waals surface area (Å²) in [5.41, 5.74) is 0.197. The van der Waals surface area contributed by atoms with Gasteiger partial charge in [0.05, 0.1) is 41.3 Å². The summed E-state index contributed by atoms with van der Waals surface area (Å²) >= 11 is 0. The van der Waals surface area contributed by atoms with Crippen molar-refractivity contribution in [2.45, 2.75) is 6.92 Å². The van der Waals surface area contributed by atoms with Crippen molar-refractivity contribution < 1.29 is 19.8 Å². The van der Waals surface area contributed by atoms with Crippen LogP contribution in [0.25, 0.3) is 0 Å². The Hall–Kier alpha value is -0.940. The summed E-state index contributed by atoms with van der Waals surface area (Å²) in [7, 11) is 8.04. The molecule has 0 fully saturated rings. The number of ketones is 1. The SMILES string of the molecule is C/C(=N/O)C(=O)C(C[NH+](C)C)C[NH+](C)C. The standard InChI is InChI=1S/C10H21N3O2/c1-8(11-15)10(14)9(6-12(2)3)7-13(4)5/h9,15H,6-7H2,1-5H3/p+2/b11-8-.